The zero-order valence-electron chi connectivity index (χ0n) is 10.4. The lowest BCUT2D eigenvalue weighted by Gasteiger charge is -2.10. The number of rotatable bonds is 5. The van der Waals surface area contributed by atoms with Gasteiger partial charge in [-0.2, -0.15) is 4.99 Å². The molecule has 0 saturated heterocycles. The molecule has 0 aliphatic heterocycles. The summed E-state index contributed by atoms with van der Waals surface area (Å²) in [6.45, 7) is 1.67. The highest BCUT2D eigenvalue weighted by atomic mass is 32.1. The summed E-state index contributed by atoms with van der Waals surface area (Å²) in [6, 6.07) is 3.36. The van der Waals surface area contributed by atoms with E-state index in [9.17, 15) is 4.79 Å². The molecule has 6 heteroatoms. The SMILES string of the molecule is COC(=O)COc1cc(C)c(N=C=S)c(OC)c1. The lowest BCUT2D eigenvalue weighted by Crippen LogP contribution is -2.12. The fraction of sp³-hybridized carbons (Fsp3) is 0.333. The van der Waals surface area contributed by atoms with Gasteiger partial charge in [0.25, 0.3) is 0 Å². The minimum absolute atomic E-state index is 0.158. The summed E-state index contributed by atoms with van der Waals surface area (Å²) in [5.74, 6) is 0.554. The largest absolute Gasteiger partial charge is 0.494 e. The number of aryl methyl sites for hydroxylation is 1. The molecular weight excluding hydrogens is 254 g/mol. The third-order valence-corrected chi connectivity index (χ3v) is 2.29. The van der Waals surface area contributed by atoms with E-state index in [4.69, 9.17) is 9.47 Å². The summed E-state index contributed by atoms with van der Waals surface area (Å²) in [4.78, 5) is 14.9. The number of esters is 1. The summed E-state index contributed by atoms with van der Waals surface area (Å²) >= 11 is 4.57. The maximum atomic E-state index is 11.0. The molecule has 1 aromatic carbocycles. The number of carbonyl (C=O) groups excluding carboxylic acids is 1. The van der Waals surface area contributed by atoms with Crippen molar-refractivity contribution in [2.24, 2.45) is 4.99 Å². The Kier molecular flexibility index (Phi) is 5.30. The Balaban J connectivity index is 2.99. The molecular formula is C12H13NO4S. The number of aliphatic imine (C=N–C) groups is 1. The van der Waals surface area contributed by atoms with E-state index in [1.54, 1.807) is 12.1 Å². The van der Waals surface area contributed by atoms with Gasteiger partial charge in [0.2, 0.25) is 0 Å². The molecule has 5 nitrogen and oxygen atoms in total. The van der Waals surface area contributed by atoms with Crippen molar-refractivity contribution >= 4 is 29.0 Å². The second kappa shape index (κ2) is 6.74. The van der Waals surface area contributed by atoms with E-state index in [-0.39, 0.29) is 6.61 Å². The highest BCUT2D eigenvalue weighted by molar-refractivity contribution is 7.78. The van der Waals surface area contributed by atoms with Gasteiger partial charge in [-0.3, -0.25) is 0 Å². The first-order valence-corrected chi connectivity index (χ1v) is 5.49. The average molecular weight is 267 g/mol. The van der Waals surface area contributed by atoms with Gasteiger partial charge in [-0.15, -0.1) is 0 Å². The molecule has 0 unspecified atom stereocenters. The first-order chi connectivity index (χ1) is 8.62. The second-order valence-electron chi connectivity index (χ2n) is 3.36. The van der Waals surface area contributed by atoms with Gasteiger partial charge in [0.15, 0.2) is 6.61 Å². The molecule has 1 rings (SSSR count). The van der Waals surface area contributed by atoms with Gasteiger partial charge in [0.1, 0.15) is 17.2 Å². The van der Waals surface area contributed by atoms with Crippen molar-refractivity contribution in [2.75, 3.05) is 20.8 Å². The third kappa shape index (κ3) is 3.55. The molecule has 18 heavy (non-hydrogen) atoms. The van der Waals surface area contributed by atoms with Gasteiger partial charge in [-0.05, 0) is 30.8 Å². The summed E-state index contributed by atoms with van der Waals surface area (Å²) in [6.07, 6.45) is 0. The predicted molar refractivity (Wildman–Crippen MR) is 69.9 cm³/mol. The fourth-order valence-corrected chi connectivity index (χ4v) is 1.44. The van der Waals surface area contributed by atoms with Gasteiger partial charge in [0, 0.05) is 6.07 Å². The van der Waals surface area contributed by atoms with Crippen LogP contribution in [-0.2, 0) is 9.53 Å². The number of methoxy groups -OCH3 is 2. The van der Waals surface area contributed by atoms with E-state index < -0.39 is 5.97 Å². The number of carbonyl (C=O) groups is 1. The normalized spacial score (nSPS) is 9.28. The van der Waals surface area contributed by atoms with Gasteiger partial charge in [-0.1, -0.05) is 0 Å². The second-order valence-corrected chi connectivity index (χ2v) is 3.54. The van der Waals surface area contributed by atoms with Crippen LogP contribution in [0.25, 0.3) is 0 Å². The molecule has 0 bridgehead atoms. The van der Waals surface area contributed by atoms with E-state index in [1.807, 2.05) is 6.92 Å². The summed E-state index contributed by atoms with van der Waals surface area (Å²) in [5, 5.41) is 2.29. The molecule has 96 valence electrons. The lowest BCUT2D eigenvalue weighted by atomic mass is 10.2. The number of isothiocyanates is 1. The Morgan fingerprint density at radius 2 is 2.17 bits per heavy atom. The van der Waals surface area contributed by atoms with Crippen molar-refractivity contribution in [2.45, 2.75) is 6.92 Å². The molecule has 1 aromatic rings. The zero-order chi connectivity index (χ0) is 13.5. The van der Waals surface area contributed by atoms with Crippen LogP contribution in [0.4, 0.5) is 5.69 Å². The molecule has 0 saturated carbocycles. The zero-order valence-corrected chi connectivity index (χ0v) is 11.2. The third-order valence-electron chi connectivity index (χ3n) is 2.20. The molecule has 0 aliphatic rings. The molecule has 0 spiro atoms. The standard InChI is InChI=1S/C12H13NO4S/c1-8-4-9(17-6-11(14)16-3)5-10(15-2)12(8)13-7-18/h4-5H,6H2,1-3H3. The van der Waals surface area contributed by atoms with Crippen LogP contribution in [0.3, 0.4) is 0 Å². The fourth-order valence-electron chi connectivity index (χ4n) is 1.34. The van der Waals surface area contributed by atoms with Crippen molar-refractivity contribution in [1.82, 2.24) is 0 Å². The van der Waals surface area contributed by atoms with Gasteiger partial charge in [0.05, 0.1) is 19.4 Å². The molecule has 0 radical (unpaired) electrons. The quantitative estimate of drug-likeness (QED) is 0.465. The summed E-state index contributed by atoms with van der Waals surface area (Å²) in [7, 11) is 2.82. The maximum Gasteiger partial charge on any atom is 0.343 e. The Bertz CT molecular complexity index is 495. The predicted octanol–water partition coefficient (Wildman–Crippen LogP) is 2.29. The van der Waals surface area contributed by atoms with Crippen LogP contribution < -0.4 is 9.47 Å². The number of nitrogens with zero attached hydrogens (tertiary/aromatic N) is 1. The minimum Gasteiger partial charge on any atom is -0.494 e. The van der Waals surface area contributed by atoms with E-state index >= 15 is 0 Å². The Morgan fingerprint density at radius 1 is 1.44 bits per heavy atom. The van der Waals surface area contributed by atoms with Gasteiger partial charge >= 0.3 is 5.97 Å². The monoisotopic (exact) mass is 267 g/mol. The van der Waals surface area contributed by atoms with Crippen LogP contribution in [0.1, 0.15) is 5.56 Å². The Labute approximate surface area is 110 Å². The van der Waals surface area contributed by atoms with Gasteiger partial charge < -0.3 is 14.2 Å². The maximum absolute atomic E-state index is 11.0. The Hall–Kier alpha value is -1.91. The molecule has 0 amide bonds. The first-order valence-electron chi connectivity index (χ1n) is 5.08. The van der Waals surface area contributed by atoms with Gasteiger partial charge in [-0.25, -0.2) is 4.79 Å². The lowest BCUT2D eigenvalue weighted by molar-refractivity contribution is -0.142. The van der Waals surface area contributed by atoms with Crippen LogP contribution in [0.5, 0.6) is 11.5 Å². The molecule has 0 aliphatic carbocycles. The topological polar surface area (TPSA) is 57.1 Å². The summed E-state index contributed by atoms with van der Waals surface area (Å²) in [5.41, 5.74) is 1.41. The average Bonchev–Trinajstić information content (AvgIpc) is 2.38. The van der Waals surface area contributed by atoms with Crippen molar-refractivity contribution in [1.29, 1.82) is 0 Å². The van der Waals surface area contributed by atoms with Crippen LogP contribution in [0, 0.1) is 6.92 Å². The molecule has 0 N–H and O–H groups in total. The van der Waals surface area contributed by atoms with Crippen molar-refractivity contribution in [3.05, 3.63) is 17.7 Å². The Morgan fingerprint density at radius 3 is 2.72 bits per heavy atom. The van der Waals surface area contributed by atoms with E-state index in [0.29, 0.717) is 17.2 Å². The highest BCUT2D eigenvalue weighted by Crippen LogP contribution is 2.35. The van der Waals surface area contributed by atoms with Crippen LogP contribution in [-0.4, -0.2) is 32.0 Å². The summed E-state index contributed by atoms with van der Waals surface area (Å²) < 4.78 is 14.9. The molecule has 0 heterocycles. The number of hydrogen-bond donors (Lipinski definition) is 0. The number of benzene rings is 1. The number of hydrogen-bond acceptors (Lipinski definition) is 6. The van der Waals surface area contributed by atoms with Crippen molar-refractivity contribution < 1.29 is 19.0 Å². The van der Waals surface area contributed by atoms with Crippen LogP contribution >= 0.6 is 12.2 Å². The first kappa shape index (κ1) is 14.2. The highest BCUT2D eigenvalue weighted by Gasteiger charge is 2.10. The molecule has 0 fully saturated rings. The van der Waals surface area contributed by atoms with Crippen molar-refractivity contribution in [3.8, 4) is 11.5 Å². The van der Waals surface area contributed by atoms with Crippen molar-refractivity contribution in [3.63, 3.8) is 0 Å². The van der Waals surface area contributed by atoms with Crippen LogP contribution in [0.2, 0.25) is 0 Å². The number of ether oxygens (including phenoxy) is 3. The number of thiocarbonyl (C=S) groups is 1. The van der Waals surface area contributed by atoms with E-state index in [0.717, 1.165) is 5.56 Å². The molecule has 0 aromatic heterocycles. The smallest absolute Gasteiger partial charge is 0.343 e. The molecule has 0 atom stereocenters. The van der Waals surface area contributed by atoms with Crippen LogP contribution in [0.15, 0.2) is 17.1 Å². The minimum atomic E-state index is -0.451. The van der Waals surface area contributed by atoms with E-state index in [2.05, 4.69) is 27.1 Å². The van der Waals surface area contributed by atoms with E-state index in [1.165, 1.54) is 14.2 Å².